The normalized spacial score (nSPS) is 9.82. The van der Waals surface area contributed by atoms with Crippen LogP contribution in [0.15, 0.2) is 24.7 Å². The third-order valence-electron chi connectivity index (χ3n) is 2.26. The van der Waals surface area contributed by atoms with Crippen molar-refractivity contribution in [2.45, 2.75) is 12.8 Å². The standard InChI is InChI=1S/C11H12N6/c12-7-10-6-9(3-5-14-10)13-4-1-2-11-15-8-16-17-11/h3,5-6,8H,1-2,4H2,(H,13,14)(H,15,16,17). The van der Waals surface area contributed by atoms with E-state index in [-0.39, 0.29) is 0 Å². The van der Waals surface area contributed by atoms with Gasteiger partial charge in [-0.15, -0.1) is 0 Å². The summed E-state index contributed by atoms with van der Waals surface area (Å²) in [4.78, 5) is 7.94. The van der Waals surface area contributed by atoms with Gasteiger partial charge in [-0.1, -0.05) is 0 Å². The summed E-state index contributed by atoms with van der Waals surface area (Å²) in [5.74, 6) is 0.888. The third-order valence-corrected chi connectivity index (χ3v) is 2.26. The Bertz CT molecular complexity index is 499. The Hall–Kier alpha value is -2.42. The van der Waals surface area contributed by atoms with Crippen molar-refractivity contribution in [1.82, 2.24) is 20.2 Å². The highest BCUT2D eigenvalue weighted by Crippen LogP contribution is 2.07. The van der Waals surface area contributed by atoms with Crippen molar-refractivity contribution < 1.29 is 0 Å². The molecule has 2 N–H and O–H groups in total. The van der Waals surface area contributed by atoms with Crippen molar-refractivity contribution in [1.29, 1.82) is 5.26 Å². The molecule has 0 amide bonds. The number of hydrogen-bond acceptors (Lipinski definition) is 5. The predicted molar refractivity (Wildman–Crippen MR) is 62.1 cm³/mol. The van der Waals surface area contributed by atoms with Crippen molar-refractivity contribution in [2.75, 3.05) is 11.9 Å². The molecule has 0 aliphatic rings. The molecule has 0 unspecified atom stereocenters. The fraction of sp³-hybridized carbons (Fsp3) is 0.273. The molecule has 0 aliphatic heterocycles. The lowest BCUT2D eigenvalue weighted by Crippen LogP contribution is -2.04. The van der Waals surface area contributed by atoms with E-state index in [4.69, 9.17) is 5.26 Å². The van der Waals surface area contributed by atoms with Crippen molar-refractivity contribution in [3.8, 4) is 6.07 Å². The highest BCUT2D eigenvalue weighted by atomic mass is 15.2. The van der Waals surface area contributed by atoms with Gasteiger partial charge in [0.15, 0.2) is 0 Å². The molecular weight excluding hydrogens is 216 g/mol. The fourth-order valence-corrected chi connectivity index (χ4v) is 1.44. The molecule has 2 heterocycles. The van der Waals surface area contributed by atoms with Crippen LogP contribution in [0.5, 0.6) is 0 Å². The van der Waals surface area contributed by atoms with Crippen molar-refractivity contribution in [3.63, 3.8) is 0 Å². The molecule has 2 aromatic rings. The zero-order chi connectivity index (χ0) is 11.9. The van der Waals surface area contributed by atoms with Crippen LogP contribution in [0.1, 0.15) is 17.9 Å². The summed E-state index contributed by atoms with van der Waals surface area (Å²) in [7, 11) is 0. The van der Waals surface area contributed by atoms with Gasteiger partial charge in [-0.25, -0.2) is 9.97 Å². The Morgan fingerprint density at radius 3 is 3.12 bits per heavy atom. The molecular formula is C11H12N6. The SMILES string of the molecule is N#Cc1cc(NCCCc2ncn[nH]2)ccn1. The highest BCUT2D eigenvalue weighted by molar-refractivity contribution is 5.45. The van der Waals surface area contributed by atoms with Gasteiger partial charge in [-0.3, -0.25) is 5.10 Å². The maximum Gasteiger partial charge on any atom is 0.142 e. The molecule has 86 valence electrons. The first-order chi connectivity index (χ1) is 8.38. The van der Waals surface area contributed by atoms with Crippen LogP contribution in [0.3, 0.4) is 0 Å². The number of anilines is 1. The number of nitriles is 1. The number of aromatic nitrogens is 4. The van der Waals surface area contributed by atoms with E-state index in [0.717, 1.165) is 30.9 Å². The molecule has 0 saturated carbocycles. The van der Waals surface area contributed by atoms with Gasteiger partial charge >= 0.3 is 0 Å². The zero-order valence-corrected chi connectivity index (χ0v) is 9.22. The largest absolute Gasteiger partial charge is 0.385 e. The quantitative estimate of drug-likeness (QED) is 0.748. The first kappa shape index (κ1) is 11.1. The third kappa shape index (κ3) is 3.28. The Kier molecular flexibility index (Phi) is 3.65. The van der Waals surface area contributed by atoms with Gasteiger partial charge in [-0.05, 0) is 18.6 Å². The predicted octanol–water partition coefficient (Wildman–Crippen LogP) is 1.12. The molecule has 0 fully saturated rings. The van der Waals surface area contributed by atoms with Crippen LogP contribution in [0.4, 0.5) is 5.69 Å². The lowest BCUT2D eigenvalue weighted by Gasteiger charge is -2.04. The molecule has 17 heavy (non-hydrogen) atoms. The molecule has 0 spiro atoms. The Morgan fingerprint density at radius 2 is 2.35 bits per heavy atom. The molecule has 6 heteroatoms. The smallest absolute Gasteiger partial charge is 0.142 e. The number of H-pyrrole nitrogens is 1. The molecule has 0 bridgehead atoms. The topological polar surface area (TPSA) is 90.3 Å². The van der Waals surface area contributed by atoms with E-state index in [1.54, 1.807) is 12.3 Å². The minimum atomic E-state index is 0.422. The number of hydrogen-bond donors (Lipinski definition) is 2. The van der Waals surface area contributed by atoms with Crippen molar-refractivity contribution in [3.05, 3.63) is 36.2 Å². The Morgan fingerprint density at radius 1 is 1.41 bits per heavy atom. The lowest BCUT2D eigenvalue weighted by molar-refractivity contribution is 0.805. The van der Waals surface area contributed by atoms with Gasteiger partial charge in [0.25, 0.3) is 0 Å². The summed E-state index contributed by atoms with van der Waals surface area (Å²) < 4.78 is 0. The van der Waals surface area contributed by atoms with E-state index in [1.165, 1.54) is 6.33 Å². The Labute approximate surface area is 98.7 Å². The zero-order valence-electron chi connectivity index (χ0n) is 9.22. The number of nitrogens with zero attached hydrogens (tertiary/aromatic N) is 4. The van der Waals surface area contributed by atoms with Crippen LogP contribution in [0.2, 0.25) is 0 Å². The van der Waals surface area contributed by atoms with Crippen LogP contribution in [-0.4, -0.2) is 26.7 Å². The molecule has 2 rings (SSSR count). The average molecular weight is 228 g/mol. The minimum absolute atomic E-state index is 0.422. The number of nitrogens with one attached hydrogen (secondary N) is 2. The summed E-state index contributed by atoms with van der Waals surface area (Å²) in [6, 6.07) is 5.58. The van der Waals surface area contributed by atoms with Crippen LogP contribution in [-0.2, 0) is 6.42 Å². The fourth-order valence-electron chi connectivity index (χ4n) is 1.44. The molecule has 0 aliphatic carbocycles. The van der Waals surface area contributed by atoms with Crippen LogP contribution in [0.25, 0.3) is 0 Å². The van der Waals surface area contributed by atoms with Gasteiger partial charge < -0.3 is 5.32 Å². The van der Waals surface area contributed by atoms with Crippen molar-refractivity contribution in [2.24, 2.45) is 0 Å². The molecule has 6 nitrogen and oxygen atoms in total. The van der Waals surface area contributed by atoms with Crippen molar-refractivity contribution >= 4 is 5.69 Å². The first-order valence-corrected chi connectivity index (χ1v) is 5.33. The summed E-state index contributed by atoms with van der Waals surface area (Å²) in [6.45, 7) is 0.815. The number of rotatable bonds is 5. The van der Waals surface area contributed by atoms with Crippen LogP contribution >= 0.6 is 0 Å². The second-order valence-corrected chi connectivity index (χ2v) is 3.50. The average Bonchev–Trinajstić information content (AvgIpc) is 2.88. The summed E-state index contributed by atoms with van der Waals surface area (Å²) >= 11 is 0. The van der Waals surface area contributed by atoms with Gasteiger partial charge in [0, 0.05) is 24.8 Å². The molecule has 0 aromatic carbocycles. The van der Waals surface area contributed by atoms with E-state index >= 15 is 0 Å². The van der Waals surface area contributed by atoms with Gasteiger partial charge in [0.05, 0.1) is 0 Å². The van der Waals surface area contributed by atoms with E-state index in [2.05, 4.69) is 25.5 Å². The monoisotopic (exact) mass is 228 g/mol. The summed E-state index contributed by atoms with van der Waals surface area (Å²) in [5.41, 5.74) is 1.33. The van der Waals surface area contributed by atoms with E-state index in [9.17, 15) is 0 Å². The molecule has 0 atom stereocenters. The molecule has 0 radical (unpaired) electrons. The maximum atomic E-state index is 8.70. The van der Waals surface area contributed by atoms with Gasteiger partial charge in [-0.2, -0.15) is 10.4 Å². The molecule has 0 saturated heterocycles. The number of aryl methyl sites for hydroxylation is 1. The Balaban J connectivity index is 1.76. The van der Waals surface area contributed by atoms with E-state index in [1.807, 2.05) is 12.1 Å². The van der Waals surface area contributed by atoms with Crippen LogP contribution in [0, 0.1) is 11.3 Å². The second-order valence-electron chi connectivity index (χ2n) is 3.50. The molecule has 2 aromatic heterocycles. The van der Waals surface area contributed by atoms with Gasteiger partial charge in [0.1, 0.15) is 23.9 Å². The summed E-state index contributed by atoms with van der Waals surface area (Å²) in [6.07, 6.45) is 4.92. The second kappa shape index (κ2) is 5.61. The van der Waals surface area contributed by atoms with Crippen LogP contribution < -0.4 is 5.32 Å². The number of aromatic amines is 1. The minimum Gasteiger partial charge on any atom is -0.385 e. The summed E-state index contributed by atoms with van der Waals surface area (Å²) in [5, 5.41) is 18.5. The first-order valence-electron chi connectivity index (χ1n) is 5.33. The van der Waals surface area contributed by atoms with E-state index < -0.39 is 0 Å². The lowest BCUT2D eigenvalue weighted by atomic mass is 10.3. The number of pyridine rings is 1. The maximum absolute atomic E-state index is 8.70. The van der Waals surface area contributed by atoms with Gasteiger partial charge in [0.2, 0.25) is 0 Å². The van der Waals surface area contributed by atoms with E-state index in [0.29, 0.717) is 5.69 Å². The highest BCUT2D eigenvalue weighted by Gasteiger charge is 1.97.